The van der Waals surface area contributed by atoms with Crippen LogP contribution >= 0.6 is 0 Å². The first-order valence-corrected chi connectivity index (χ1v) is 6.46. The molecule has 0 spiro atoms. The van der Waals surface area contributed by atoms with Crippen LogP contribution < -0.4 is 5.73 Å². The van der Waals surface area contributed by atoms with Gasteiger partial charge in [0.2, 0.25) is 0 Å². The van der Waals surface area contributed by atoms with Crippen molar-refractivity contribution in [2.45, 2.75) is 39.8 Å². The summed E-state index contributed by atoms with van der Waals surface area (Å²) in [7, 11) is 0. The lowest BCUT2D eigenvalue weighted by Crippen LogP contribution is -2.37. The highest BCUT2D eigenvalue weighted by molar-refractivity contribution is 5.11. The molecular formula is C14H23N3. The molecule has 0 atom stereocenters. The van der Waals surface area contributed by atoms with Crippen molar-refractivity contribution in [3.05, 3.63) is 29.6 Å². The molecule has 1 aliphatic rings. The first-order valence-electron chi connectivity index (χ1n) is 6.46. The average molecular weight is 233 g/mol. The Balaban J connectivity index is 1.93. The Kier molecular flexibility index (Phi) is 3.79. The van der Waals surface area contributed by atoms with E-state index in [2.05, 4.69) is 35.9 Å². The van der Waals surface area contributed by atoms with Gasteiger partial charge in [-0.25, -0.2) is 0 Å². The molecule has 0 aromatic carbocycles. The van der Waals surface area contributed by atoms with E-state index in [-0.39, 0.29) is 0 Å². The van der Waals surface area contributed by atoms with Crippen LogP contribution in [0.15, 0.2) is 18.2 Å². The summed E-state index contributed by atoms with van der Waals surface area (Å²) in [6.07, 6.45) is 2.56. The molecule has 94 valence electrons. The van der Waals surface area contributed by atoms with E-state index in [1.54, 1.807) is 0 Å². The zero-order chi connectivity index (χ0) is 12.3. The van der Waals surface area contributed by atoms with Gasteiger partial charge in [-0.15, -0.1) is 0 Å². The van der Waals surface area contributed by atoms with Crippen molar-refractivity contribution in [2.75, 3.05) is 13.1 Å². The number of piperidine rings is 1. The summed E-state index contributed by atoms with van der Waals surface area (Å²) < 4.78 is 0. The van der Waals surface area contributed by atoms with E-state index >= 15 is 0 Å². The monoisotopic (exact) mass is 233 g/mol. The minimum atomic E-state index is 0.517. The van der Waals surface area contributed by atoms with E-state index in [0.717, 1.165) is 17.9 Å². The quantitative estimate of drug-likeness (QED) is 0.870. The summed E-state index contributed by atoms with van der Waals surface area (Å²) in [4.78, 5) is 7.05. The Morgan fingerprint density at radius 3 is 2.53 bits per heavy atom. The molecule has 1 aliphatic heterocycles. The van der Waals surface area contributed by atoms with Crippen LogP contribution in [0.3, 0.4) is 0 Å². The number of pyridine rings is 1. The number of rotatable bonds is 3. The van der Waals surface area contributed by atoms with Gasteiger partial charge in [-0.3, -0.25) is 9.88 Å². The van der Waals surface area contributed by atoms with Crippen molar-refractivity contribution in [1.29, 1.82) is 0 Å². The van der Waals surface area contributed by atoms with Gasteiger partial charge in [-0.1, -0.05) is 19.9 Å². The predicted molar refractivity (Wildman–Crippen MR) is 70.4 cm³/mol. The molecule has 1 fully saturated rings. The lowest BCUT2D eigenvalue weighted by Gasteiger charge is -2.36. The van der Waals surface area contributed by atoms with E-state index < -0.39 is 0 Å². The van der Waals surface area contributed by atoms with Crippen molar-refractivity contribution in [3.63, 3.8) is 0 Å². The van der Waals surface area contributed by atoms with Crippen LogP contribution in [-0.4, -0.2) is 23.0 Å². The number of aromatic nitrogens is 1. The topological polar surface area (TPSA) is 42.1 Å². The molecule has 1 saturated heterocycles. The van der Waals surface area contributed by atoms with Gasteiger partial charge in [-0.05, 0) is 43.5 Å². The van der Waals surface area contributed by atoms with E-state index in [1.165, 1.54) is 25.9 Å². The minimum Gasteiger partial charge on any atom is -0.325 e. The molecule has 0 amide bonds. The van der Waals surface area contributed by atoms with Crippen LogP contribution in [0.4, 0.5) is 0 Å². The van der Waals surface area contributed by atoms with E-state index in [0.29, 0.717) is 12.0 Å². The number of hydrogen-bond donors (Lipinski definition) is 1. The molecule has 17 heavy (non-hydrogen) atoms. The summed E-state index contributed by atoms with van der Waals surface area (Å²) in [5.74, 6) is 0. The SMILES string of the molecule is CC1(C)CCN(Cc2cccc(CN)n2)CC1. The second-order valence-electron chi connectivity index (χ2n) is 5.76. The highest BCUT2D eigenvalue weighted by Crippen LogP contribution is 2.30. The molecular weight excluding hydrogens is 210 g/mol. The minimum absolute atomic E-state index is 0.517. The molecule has 2 heterocycles. The van der Waals surface area contributed by atoms with Gasteiger partial charge in [0.1, 0.15) is 0 Å². The first kappa shape index (κ1) is 12.5. The Labute approximate surface area is 104 Å². The Bertz CT molecular complexity index is 363. The van der Waals surface area contributed by atoms with Crippen LogP contribution in [0.1, 0.15) is 38.1 Å². The average Bonchev–Trinajstić information content (AvgIpc) is 2.32. The van der Waals surface area contributed by atoms with Crippen molar-refractivity contribution in [1.82, 2.24) is 9.88 Å². The maximum absolute atomic E-state index is 5.61. The van der Waals surface area contributed by atoms with Crippen molar-refractivity contribution in [2.24, 2.45) is 11.1 Å². The van der Waals surface area contributed by atoms with Crippen LogP contribution in [0, 0.1) is 5.41 Å². The van der Waals surface area contributed by atoms with Gasteiger partial charge in [0.15, 0.2) is 0 Å². The van der Waals surface area contributed by atoms with Gasteiger partial charge in [0.25, 0.3) is 0 Å². The zero-order valence-electron chi connectivity index (χ0n) is 10.9. The summed E-state index contributed by atoms with van der Waals surface area (Å²) >= 11 is 0. The fraction of sp³-hybridized carbons (Fsp3) is 0.643. The smallest absolute Gasteiger partial charge is 0.0547 e. The van der Waals surface area contributed by atoms with Gasteiger partial charge >= 0.3 is 0 Å². The van der Waals surface area contributed by atoms with Crippen molar-refractivity contribution >= 4 is 0 Å². The molecule has 0 radical (unpaired) electrons. The summed E-state index contributed by atoms with van der Waals surface area (Å²) in [5, 5.41) is 0. The third-order valence-electron chi connectivity index (χ3n) is 3.67. The largest absolute Gasteiger partial charge is 0.325 e. The zero-order valence-corrected chi connectivity index (χ0v) is 10.9. The molecule has 1 aromatic rings. The first-order chi connectivity index (χ1) is 8.09. The van der Waals surface area contributed by atoms with Crippen LogP contribution in [0.25, 0.3) is 0 Å². The van der Waals surface area contributed by atoms with Crippen molar-refractivity contribution in [3.8, 4) is 0 Å². The maximum Gasteiger partial charge on any atom is 0.0547 e. The lowest BCUT2D eigenvalue weighted by molar-refractivity contribution is 0.126. The second-order valence-corrected chi connectivity index (χ2v) is 5.76. The number of hydrogen-bond acceptors (Lipinski definition) is 3. The number of nitrogens with two attached hydrogens (primary N) is 1. The molecule has 3 nitrogen and oxygen atoms in total. The Hall–Kier alpha value is -0.930. The molecule has 0 bridgehead atoms. The summed E-state index contributed by atoms with van der Waals surface area (Å²) in [6.45, 7) is 8.57. The molecule has 0 saturated carbocycles. The number of nitrogens with zero attached hydrogens (tertiary/aromatic N) is 2. The van der Waals surface area contributed by atoms with E-state index in [1.807, 2.05) is 6.07 Å². The van der Waals surface area contributed by atoms with Gasteiger partial charge in [0.05, 0.1) is 11.4 Å². The van der Waals surface area contributed by atoms with Gasteiger partial charge < -0.3 is 5.73 Å². The maximum atomic E-state index is 5.61. The Morgan fingerprint density at radius 1 is 1.24 bits per heavy atom. The second kappa shape index (κ2) is 5.15. The predicted octanol–water partition coefficient (Wildman–Crippen LogP) is 2.16. The molecule has 2 rings (SSSR count). The fourth-order valence-corrected chi connectivity index (χ4v) is 2.28. The highest BCUT2D eigenvalue weighted by atomic mass is 15.1. The van der Waals surface area contributed by atoms with E-state index in [9.17, 15) is 0 Å². The lowest BCUT2D eigenvalue weighted by atomic mass is 9.83. The Morgan fingerprint density at radius 2 is 1.88 bits per heavy atom. The fourth-order valence-electron chi connectivity index (χ4n) is 2.28. The third kappa shape index (κ3) is 3.51. The highest BCUT2D eigenvalue weighted by Gasteiger charge is 2.25. The summed E-state index contributed by atoms with van der Waals surface area (Å²) in [5.41, 5.74) is 8.26. The van der Waals surface area contributed by atoms with Crippen LogP contribution in [0.2, 0.25) is 0 Å². The molecule has 1 aromatic heterocycles. The van der Waals surface area contributed by atoms with Gasteiger partial charge in [-0.2, -0.15) is 0 Å². The van der Waals surface area contributed by atoms with Crippen molar-refractivity contribution < 1.29 is 0 Å². The molecule has 0 aliphatic carbocycles. The molecule has 3 heteroatoms. The number of likely N-dealkylation sites (tertiary alicyclic amines) is 1. The van der Waals surface area contributed by atoms with Crippen LogP contribution in [-0.2, 0) is 13.1 Å². The molecule has 2 N–H and O–H groups in total. The van der Waals surface area contributed by atoms with E-state index in [4.69, 9.17) is 5.73 Å². The summed E-state index contributed by atoms with van der Waals surface area (Å²) in [6, 6.07) is 6.14. The normalized spacial score (nSPS) is 20.4. The molecule has 0 unspecified atom stereocenters. The standard InChI is InChI=1S/C14H23N3/c1-14(2)6-8-17(9-7-14)11-13-5-3-4-12(10-15)16-13/h3-5H,6-11,15H2,1-2H3. The third-order valence-corrected chi connectivity index (χ3v) is 3.67. The van der Waals surface area contributed by atoms with Crippen LogP contribution in [0.5, 0.6) is 0 Å². The van der Waals surface area contributed by atoms with Gasteiger partial charge in [0, 0.05) is 13.1 Å².